The van der Waals surface area contributed by atoms with Crippen LogP contribution in [-0.2, 0) is 5.41 Å². The molecule has 0 aliphatic carbocycles. The number of hydrogen-bond donors (Lipinski definition) is 0. The van der Waals surface area contributed by atoms with Crippen LogP contribution in [0.25, 0.3) is 72.3 Å². The third kappa shape index (κ3) is 6.22. The highest BCUT2D eigenvalue weighted by Gasteiger charge is 2.21. The van der Waals surface area contributed by atoms with E-state index in [4.69, 9.17) is 28.0 Å². The third-order valence-electron chi connectivity index (χ3n) is 9.21. The van der Waals surface area contributed by atoms with E-state index in [-0.39, 0.29) is 74.0 Å². The Bertz CT molecular complexity index is 4460. The zero-order chi connectivity index (χ0) is 61.1. The van der Waals surface area contributed by atoms with Crippen LogP contribution >= 0.6 is 0 Å². The van der Waals surface area contributed by atoms with Crippen LogP contribution in [0.3, 0.4) is 0 Å². The van der Waals surface area contributed by atoms with Gasteiger partial charge in [-0.25, -0.2) is 4.98 Å². The third-order valence-corrected chi connectivity index (χ3v) is 9.21. The molecule has 0 saturated carbocycles. The van der Waals surface area contributed by atoms with E-state index in [1.54, 1.807) is 20.8 Å². The van der Waals surface area contributed by atoms with Crippen LogP contribution in [0.15, 0.2) is 182 Å². The Morgan fingerprint density at radius 3 is 2.10 bits per heavy atom. The molecule has 0 spiro atoms. The smallest absolute Gasteiger partial charge is 0.269 e. The summed E-state index contributed by atoms with van der Waals surface area (Å²) in [5.41, 5.74) is -4.62. The molecule has 58 heavy (non-hydrogen) atoms. The number of rotatable bonds is 7. The van der Waals surface area contributed by atoms with Crippen molar-refractivity contribution in [3.8, 4) is 50.9 Å². The maximum absolute atomic E-state index is 9.45. The Balaban J connectivity index is 1.30. The predicted octanol–water partition coefficient (Wildman–Crippen LogP) is 12.9. The lowest BCUT2D eigenvalue weighted by Crippen LogP contribution is -2.31. The summed E-state index contributed by atoms with van der Waals surface area (Å²) in [6, 6.07) is -10.7. The zero-order valence-corrected chi connectivity index (χ0v) is 31.1. The standard InChI is InChI=1S/C53H42N4O/c1-36-25-28-47-46(31-36)45-27-26-42(34-50(45)57(47)51-32-39(29-30-54-51)53(2,3)4)58-41-20-13-19-40(33-41)55-35-56(49-24-12-11-23-48(49)55)52-43(37-15-7-5-8-16-37)21-14-22-44(52)38-17-9-6-10-18-38/h5-34H,1-4H3/i5D,6D,7D,8D,9D,10D,11D,12D,13D,15D,16D,17D,18D,19D,20D,23D,24D,25D,26D,27D,28D,29D,30D,31D,32D. The summed E-state index contributed by atoms with van der Waals surface area (Å²) >= 11 is 0. The van der Waals surface area contributed by atoms with Crippen LogP contribution in [0.2, 0.25) is 0 Å². The zero-order valence-electron chi connectivity index (χ0n) is 56.1. The second kappa shape index (κ2) is 14.1. The fraction of sp³-hybridized carbons (Fsp3) is 0.0943. The fourth-order valence-electron chi connectivity index (χ4n) is 6.58. The van der Waals surface area contributed by atoms with Gasteiger partial charge in [-0.15, -0.1) is 0 Å². The van der Waals surface area contributed by atoms with Gasteiger partial charge in [0, 0.05) is 23.0 Å². The molecule has 3 aromatic heterocycles. The molecule has 0 atom stereocenters. The van der Waals surface area contributed by atoms with E-state index in [1.807, 2.05) is 0 Å². The van der Waals surface area contributed by atoms with Gasteiger partial charge in [0.2, 0.25) is 0 Å². The number of hydrogen-bond acceptors (Lipinski definition) is 2. The quantitative estimate of drug-likeness (QED) is 0.119. The summed E-state index contributed by atoms with van der Waals surface area (Å²) in [6.07, 6.45) is 2.31. The van der Waals surface area contributed by atoms with Gasteiger partial charge < -0.3 is 4.74 Å². The van der Waals surface area contributed by atoms with Crippen molar-refractivity contribution in [2.75, 3.05) is 0 Å². The van der Waals surface area contributed by atoms with Gasteiger partial charge in [-0.3, -0.25) is 13.7 Å². The highest BCUT2D eigenvalue weighted by molar-refractivity contribution is 6.09. The molecule has 3 heterocycles. The summed E-state index contributed by atoms with van der Waals surface area (Å²) in [6.45, 7) is 6.55. The highest BCUT2D eigenvalue weighted by Crippen LogP contribution is 2.38. The van der Waals surface area contributed by atoms with Gasteiger partial charge in [0.1, 0.15) is 17.3 Å². The normalized spacial score (nSPS) is 17.8. The van der Waals surface area contributed by atoms with E-state index in [9.17, 15) is 11.0 Å². The lowest BCUT2D eigenvalue weighted by molar-refractivity contribution is -0.571. The number of imidazole rings is 1. The average Bonchev–Trinajstić information content (AvgIpc) is 2.60. The summed E-state index contributed by atoms with van der Waals surface area (Å²) in [5.74, 6) is -1.49. The van der Waals surface area contributed by atoms with Gasteiger partial charge in [-0.1, -0.05) is 141 Å². The van der Waals surface area contributed by atoms with Gasteiger partial charge in [-0.2, -0.15) is 0 Å². The molecule has 10 aromatic rings. The number of para-hydroxylation sites is 3. The average molecular weight is 776 g/mol. The molecule has 0 aliphatic rings. The monoisotopic (exact) mass is 775 g/mol. The first-order valence-electron chi connectivity index (χ1n) is 30.3. The second-order valence-corrected chi connectivity index (χ2v) is 14.0. The number of benzene rings is 7. The molecule has 0 radical (unpaired) electrons. The van der Waals surface area contributed by atoms with Crippen LogP contribution in [-0.4, -0.2) is 14.1 Å². The number of nitrogens with zero attached hydrogens (tertiary/aromatic N) is 4. The molecule has 10 rings (SSSR count). The molecular formula is C53H42N4O. The fourth-order valence-corrected chi connectivity index (χ4v) is 6.58. The maximum Gasteiger partial charge on any atom is 0.269 e. The molecule has 0 aliphatic heterocycles. The van der Waals surface area contributed by atoms with Gasteiger partial charge in [0.05, 0.1) is 67.7 Å². The topological polar surface area (TPSA) is 35.9 Å². The molecule has 280 valence electrons. The van der Waals surface area contributed by atoms with Crippen molar-refractivity contribution < 1.29 is 43.6 Å². The van der Waals surface area contributed by atoms with Crippen LogP contribution in [0.5, 0.6) is 11.5 Å². The molecule has 0 saturated heterocycles. The Hall–Kier alpha value is -7.24. The molecule has 0 N–H and O–H groups in total. The van der Waals surface area contributed by atoms with Crippen molar-refractivity contribution in [2.24, 2.45) is 0 Å². The first-order valence-corrected chi connectivity index (χ1v) is 17.8. The van der Waals surface area contributed by atoms with Gasteiger partial charge in [-0.05, 0) is 94.6 Å². The van der Waals surface area contributed by atoms with E-state index in [2.05, 4.69) is 11.3 Å². The van der Waals surface area contributed by atoms with Crippen LogP contribution in [0.4, 0.5) is 0 Å². The minimum atomic E-state index is -0.928. The SMILES string of the molecule is [2H]c1nc(-n2c3cc(Oc4cc(-n5[c-][n+](-c6c(-c7c([2H])c([2H])c([2H])c([2H])c7[2H])cccc6-c6c([2H])c([2H])c([2H])c([2H])c6[2H])c6c([2H])c([2H])c([2H])c([2H])c65)c([2H])c([2H])c4[2H])c([2H])c([2H])c3c3c([2H])c(C)c([2H])c([2H])c32)c([2H])c(C(C)(C)C)c1[2H]. The lowest BCUT2D eigenvalue weighted by atomic mass is 9.88. The van der Waals surface area contributed by atoms with Crippen molar-refractivity contribution >= 4 is 32.8 Å². The van der Waals surface area contributed by atoms with Gasteiger partial charge in [0.15, 0.2) is 0 Å². The summed E-state index contributed by atoms with van der Waals surface area (Å²) < 4.78 is 233. The number of ether oxygens (including phenoxy) is 1. The van der Waals surface area contributed by atoms with E-state index < -0.39 is 177 Å². The van der Waals surface area contributed by atoms with E-state index in [1.165, 1.54) is 35.8 Å². The Morgan fingerprint density at radius 1 is 0.655 bits per heavy atom. The summed E-state index contributed by atoms with van der Waals surface area (Å²) in [4.78, 5) is 4.29. The first kappa shape index (κ1) is 17.5. The van der Waals surface area contributed by atoms with Crippen molar-refractivity contribution in [3.63, 3.8) is 0 Å². The number of aromatic nitrogens is 4. The van der Waals surface area contributed by atoms with E-state index >= 15 is 0 Å². The molecule has 0 unspecified atom stereocenters. The van der Waals surface area contributed by atoms with Crippen LogP contribution < -0.4 is 9.30 Å². The molecule has 5 nitrogen and oxygen atoms in total. The first-order chi connectivity index (χ1) is 38.7. The van der Waals surface area contributed by atoms with Gasteiger partial charge in [0.25, 0.3) is 6.33 Å². The van der Waals surface area contributed by atoms with Crippen molar-refractivity contribution in [1.82, 2.24) is 14.1 Å². The molecule has 0 fully saturated rings. The predicted molar refractivity (Wildman–Crippen MR) is 237 cm³/mol. The molecule has 0 bridgehead atoms. The Kier molecular flexibility index (Phi) is 4.24. The molecular weight excluding hydrogens is 709 g/mol. The minimum absolute atomic E-state index is 0.0400. The molecule has 5 heteroatoms. The maximum atomic E-state index is 9.45. The van der Waals surface area contributed by atoms with Crippen molar-refractivity contribution in [1.29, 1.82) is 0 Å². The second-order valence-electron chi connectivity index (χ2n) is 14.0. The molecule has 0 amide bonds. The minimum Gasteiger partial charge on any atom is -0.458 e. The highest BCUT2D eigenvalue weighted by atomic mass is 16.5. The number of fused-ring (bicyclic) bond motifs is 4. The van der Waals surface area contributed by atoms with E-state index in [0.29, 0.717) is 0 Å². The lowest BCUT2D eigenvalue weighted by Gasteiger charge is -2.20. The Morgan fingerprint density at radius 2 is 1.36 bits per heavy atom. The van der Waals surface area contributed by atoms with Crippen molar-refractivity contribution in [3.05, 3.63) is 199 Å². The molecule has 7 aromatic carbocycles. The van der Waals surface area contributed by atoms with Crippen LogP contribution in [0.1, 0.15) is 66.2 Å². The number of pyridine rings is 1. The Labute approximate surface area is 373 Å². The van der Waals surface area contributed by atoms with Crippen molar-refractivity contribution in [2.45, 2.75) is 33.1 Å². The summed E-state index contributed by atoms with van der Waals surface area (Å²) in [7, 11) is 0. The van der Waals surface area contributed by atoms with Crippen LogP contribution in [0, 0.1) is 13.3 Å². The summed E-state index contributed by atoms with van der Waals surface area (Å²) in [5, 5.41) is -0.220. The van der Waals surface area contributed by atoms with Gasteiger partial charge >= 0.3 is 0 Å². The van der Waals surface area contributed by atoms with E-state index in [0.717, 1.165) is 15.2 Å². The largest absolute Gasteiger partial charge is 0.458 e.